The number of thiazole rings is 1. The third-order valence-corrected chi connectivity index (χ3v) is 5.25. The molecular weight excluding hydrogens is 393 g/mol. The molecule has 1 unspecified atom stereocenters. The van der Waals surface area contributed by atoms with E-state index in [0.717, 1.165) is 5.01 Å². The molecule has 2 aromatic rings. The maximum Gasteiger partial charge on any atom is 0.350 e. The Bertz CT molecular complexity index is 935. The Morgan fingerprint density at radius 1 is 1.45 bits per heavy atom. The van der Waals surface area contributed by atoms with Gasteiger partial charge in [0.05, 0.1) is 36.5 Å². The molecule has 1 aromatic heterocycles. The number of esters is 1. The zero-order valence-electron chi connectivity index (χ0n) is 16.9. The highest BCUT2D eigenvalue weighted by Gasteiger charge is 2.20. The maximum absolute atomic E-state index is 14.1. The van der Waals surface area contributed by atoms with Crippen molar-refractivity contribution in [3.05, 3.63) is 50.7 Å². The number of guanidine groups is 1. The zero-order valence-corrected chi connectivity index (χ0v) is 17.7. The summed E-state index contributed by atoms with van der Waals surface area (Å²) in [6, 6.07) is 6.01. The zero-order chi connectivity index (χ0) is 21.4. The summed E-state index contributed by atoms with van der Waals surface area (Å²) in [7, 11) is 0. The Hall–Kier alpha value is -2.99. The monoisotopic (exact) mass is 417 g/mol. The molecule has 0 aliphatic carbocycles. The second-order valence-corrected chi connectivity index (χ2v) is 7.20. The number of aliphatic imine (C=N–C) groups is 1. The number of hydrogen-bond acceptors (Lipinski definition) is 6. The summed E-state index contributed by atoms with van der Waals surface area (Å²) in [6.07, 6.45) is 0. The van der Waals surface area contributed by atoms with E-state index in [2.05, 4.69) is 20.6 Å². The fraction of sp³-hybridized carbons (Fsp3) is 0.400. The molecule has 0 bridgehead atoms. The van der Waals surface area contributed by atoms with Crippen LogP contribution in [0.4, 0.5) is 4.39 Å². The lowest BCUT2D eigenvalue weighted by Crippen LogP contribution is -2.38. The number of benzene rings is 1. The van der Waals surface area contributed by atoms with Crippen LogP contribution in [0.5, 0.6) is 0 Å². The molecule has 0 amide bonds. The molecule has 0 radical (unpaired) electrons. The summed E-state index contributed by atoms with van der Waals surface area (Å²) in [5.41, 5.74) is 1.28. The van der Waals surface area contributed by atoms with Gasteiger partial charge in [-0.05, 0) is 39.8 Å². The third kappa shape index (κ3) is 5.99. The fourth-order valence-electron chi connectivity index (χ4n) is 2.48. The van der Waals surface area contributed by atoms with Crippen LogP contribution in [0.1, 0.15) is 58.3 Å². The molecule has 2 rings (SSSR count). The lowest BCUT2D eigenvalue weighted by molar-refractivity contribution is 0.0531. The summed E-state index contributed by atoms with van der Waals surface area (Å²) < 4.78 is 19.1. The van der Waals surface area contributed by atoms with Crippen LogP contribution >= 0.6 is 11.3 Å². The molecule has 1 atom stereocenters. The average molecular weight is 418 g/mol. The van der Waals surface area contributed by atoms with E-state index < -0.39 is 5.82 Å². The van der Waals surface area contributed by atoms with Gasteiger partial charge in [0.2, 0.25) is 0 Å². The molecule has 1 aromatic carbocycles. The first kappa shape index (κ1) is 22.3. The van der Waals surface area contributed by atoms with Crippen LogP contribution in [0, 0.1) is 24.1 Å². The van der Waals surface area contributed by atoms with Gasteiger partial charge in [-0.2, -0.15) is 5.26 Å². The molecule has 9 heteroatoms. The SMILES string of the molecule is CCNC(=NCc1ccc(C#N)cc1F)NC(C)c1nc(C)c(C(=O)OCC)s1. The van der Waals surface area contributed by atoms with Gasteiger partial charge in [-0.15, -0.1) is 11.3 Å². The van der Waals surface area contributed by atoms with Crippen molar-refractivity contribution < 1.29 is 13.9 Å². The lowest BCUT2D eigenvalue weighted by atomic mass is 10.1. The minimum Gasteiger partial charge on any atom is -0.462 e. The Morgan fingerprint density at radius 2 is 2.21 bits per heavy atom. The molecule has 2 N–H and O–H groups in total. The smallest absolute Gasteiger partial charge is 0.350 e. The van der Waals surface area contributed by atoms with Crippen molar-refractivity contribution in [3.63, 3.8) is 0 Å². The topological polar surface area (TPSA) is 99.4 Å². The van der Waals surface area contributed by atoms with Crippen molar-refractivity contribution in [3.8, 4) is 6.07 Å². The van der Waals surface area contributed by atoms with Gasteiger partial charge in [0.25, 0.3) is 0 Å². The van der Waals surface area contributed by atoms with Gasteiger partial charge in [0, 0.05) is 12.1 Å². The molecule has 1 heterocycles. The van der Waals surface area contributed by atoms with Crippen LogP contribution in [-0.2, 0) is 11.3 Å². The van der Waals surface area contributed by atoms with E-state index in [4.69, 9.17) is 10.00 Å². The van der Waals surface area contributed by atoms with Gasteiger partial charge >= 0.3 is 5.97 Å². The van der Waals surface area contributed by atoms with E-state index >= 15 is 0 Å². The first-order valence-corrected chi connectivity index (χ1v) is 10.1. The van der Waals surface area contributed by atoms with Crippen molar-refractivity contribution in [1.82, 2.24) is 15.6 Å². The van der Waals surface area contributed by atoms with Crippen LogP contribution in [-0.4, -0.2) is 30.1 Å². The number of nitrogens with zero attached hydrogens (tertiary/aromatic N) is 3. The van der Waals surface area contributed by atoms with Crippen LogP contribution in [0.2, 0.25) is 0 Å². The number of ether oxygens (including phenoxy) is 1. The molecule has 29 heavy (non-hydrogen) atoms. The Labute approximate surface area is 173 Å². The highest BCUT2D eigenvalue weighted by atomic mass is 32.1. The third-order valence-electron chi connectivity index (χ3n) is 3.93. The van der Waals surface area contributed by atoms with E-state index in [1.165, 1.54) is 17.4 Å². The summed E-state index contributed by atoms with van der Waals surface area (Å²) >= 11 is 1.28. The van der Waals surface area contributed by atoms with Crippen LogP contribution in [0.25, 0.3) is 0 Å². The Kier molecular flexibility index (Phi) is 8.09. The predicted octanol–water partition coefficient (Wildman–Crippen LogP) is 3.46. The minimum absolute atomic E-state index is 0.116. The van der Waals surface area contributed by atoms with Crippen molar-refractivity contribution in [2.24, 2.45) is 4.99 Å². The number of carbonyl (C=O) groups excluding carboxylic acids is 1. The normalized spacial score (nSPS) is 12.2. The number of rotatable bonds is 7. The molecule has 154 valence electrons. The summed E-state index contributed by atoms with van der Waals surface area (Å²) in [5, 5.41) is 15.9. The molecule has 0 aliphatic rings. The quantitative estimate of drug-likeness (QED) is 0.407. The van der Waals surface area contributed by atoms with Gasteiger partial charge in [-0.25, -0.2) is 19.2 Å². The first-order valence-electron chi connectivity index (χ1n) is 9.27. The van der Waals surface area contributed by atoms with E-state index in [1.54, 1.807) is 26.0 Å². The number of hydrogen-bond donors (Lipinski definition) is 2. The highest BCUT2D eigenvalue weighted by Crippen LogP contribution is 2.24. The summed E-state index contributed by atoms with van der Waals surface area (Å²) in [6.45, 7) is 8.41. The number of nitrogens with one attached hydrogen (secondary N) is 2. The summed E-state index contributed by atoms with van der Waals surface area (Å²) in [5.74, 6) is -0.349. The number of halogens is 1. The van der Waals surface area contributed by atoms with E-state index in [0.29, 0.717) is 35.2 Å². The standard InChI is InChI=1S/C20H24FN5O2S/c1-5-23-20(24-11-15-8-7-14(10-22)9-16(15)21)26-13(4)18-25-12(3)17(29-18)19(27)28-6-2/h7-9,13H,5-6,11H2,1-4H3,(H2,23,24,26). The molecular formula is C20H24FN5O2S. The Balaban J connectivity index is 2.13. The first-order chi connectivity index (χ1) is 13.9. The highest BCUT2D eigenvalue weighted by molar-refractivity contribution is 7.13. The van der Waals surface area contributed by atoms with E-state index in [1.807, 2.05) is 19.9 Å². The van der Waals surface area contributed by atoms with Gasteiger partial charge in [0.15, 0.2) is 5.96 Å². The van der Waals surface area contributed by atoms with Crippen LogP contribution < -0.4 is 10.6 Å². The molecule has 0 fully saturated rings. The average Bonchev–Trinajstić information content (AvgIpc) is 3.09. The lowest BCUT2D eigenvalue weighted by Gasteiger charge is -2.16. The van der Waals surface area contributed by atoms with Crippen LogP contribution in [0.15, 0.2) is 23.2 Å². The number of carbonyl (C=O) groups is 1. The van der Waals surface area contributed by atoms with Gasteiger partial charge in [0.1, 0.15) is 15.7 Å². The van der Waals surface area contributed by atoms with Gasteiger partial charge < -0.3 is 15.4 Å². The molecule has 0 saturated carbocycles. The van der Waals surface area contributed by atoms with Gasteiger partial charge in [-0.3, -0.25) is 0 Å². The number of aryl methyl sites for hydroxylation is 1. The second-order valence-electron chi connectivity index (χ2n) is 6.17. The summed E-state index contributed by atoms with van der Waals surface area (Å²) in [4.78, 5) is 21.4. The van der Waals surface area contributed by atoms with Crippen molar-refractivity contribution in [1.29, 1.82) is 5.26 Å². The van der Waals surface area contributed by atoms with Gasteiger partial charge in [-0.1, -0.05) is 6.07 Å². The van der Waals surface area contributed by atoms with Crippen molar-refractivity contribution in [2.45, 2.75) is 40.3 Å². The molecule has 0 aliphatic heterocycles. The van der Waals surface area contributed by atoms with Crippen molar-refractivity contribution >= 4 is 23.3 Å². The van der Waals surface area contributed by atoms with E-state index in [9.17, 15) is 9.18 Å². The maximum atomic E-state index is 14.1. The molecule has 7 nitrogen and oxygen atoms in total. The second kappa shape index (κ2) is 10.5. The minimum atomic E-state index is -0.466. The number of nitriles is 1. The fourth-order valence-corrected chi connectivity index (χ4v) is 3.45. The largest absolute Gasteiger partial charge is 0.462 e. The Morgan fingerprint density at radius 3 is 2.83 bits per heavy atom. The molecule has 0 saturated heterocycles. The van der Waals surface area contributed by atoms with E-state index in [-0.39, 0.29) is 24.1 Å². The molecule has 0 spiro atoms. The predicted molar refractivity (Wildman–Crippen MR) is 110 cm³/mol. The number of aromatic nitrogens is 1. The van der Waals surface area contributed by atoms with Crippen molar-refractivity contribution in [2.75, 3.05) is 13.2 Å². The van der Waals surface area contributed by atoms with Crippen LogP contribution in [0.3, 0.4) is 0 Å².